The molecule has 0 fully saturated rings. The topological polar surface area (TPSA) is 0 Å². The van der Waals surface area contributed by atoms with Crippen molar-refractivity contribution in [3.63, 3.8) is 0 Å². The van der Waals surface area contributed by atoms with E-state index in [2.05, 4.69) is 123 Å². The third-order valence-electron chi connectivity index (χ3n) is 6.37. The van der Waals surface area contributed by atoms with Gasteiger partial charge in [-0.15, -0.1) is 0 Å². The summed E-state index contributed by atoms with van der Waals surface area (Å²) in [6.07, 6.45) is 11.7. The van der Waals surface area contributed by atoms with E-state index in [9.17, 15) is 0 Å². The number of benzene rings is 3. The van der Waals surface area contributed by atoms with Crippen LogP contribution in [-0.4, -0.2) is 0 Å². The molecule has 2 heteroatoms. The first kappa shape index (κ1) is 19.8. The second-order valence-corrected chi connectivity index (χ2v) is 9.92. The molecule has 0 amide bonds. The minimum Gasteiger partial charge on any atom is -0.0958 e. The molecule has 0 bridgehead atoms. The highest BCUT2D eigenvalue weighted by Crippen LogP contribution is 2.56. The minimum absolute atomic E-state index is 0.196. The van der Waals surface area contributed by atoms with Crippen LogP contribution in [-0.2, 0) is 11.8 Å². The molecule has 0 heterocycles. The van der Waals surface area contributed by atoms with Crippen LogP contribution in [0.1, 0.15) is 35.1 Å². The maximum Gasteiger partial charge on any atom is 0.0500 e. The molecule has 30 heavy (non-hydrogen) atoms. The molecule has 0 aromatic heterocycles. The number of hydrogen-bond acceptors (Lipinski definition) is 0. The summed E-state index contributed by atoms with van der Waals surface area (Å²) in [6.45, 7) is 4.24. The van der Waals surface area contributed by atoms with E-state index in [1.165, 1.54) is 39.0 Å². The molecular weight excluding hydrogens is 496 g/mol. The van der Waals surface area contributed by atoms with Crippen LogP contribution in [0.25, 0.3) is 11.1 Å². The maximum atomic E-state index is 4.24. The van der Waals surface area contributed by atoms with Crippen molar-refractivity contribution < 1.29 is 0 Å². The Hall–Kier alpha value is -2.16. The molecule has 0 saturated heterocycles. The number of halogens is 2. The smallest absolute Gasteiger partial charge is 0.0500 e. The lowest BCUT2D eigenvalue weighted by atomic mass is 9.68. The quantitative estimate of drug-likeness (QED) is 0.280. The molecule has 2 aliphatic carbocycles. The van der Waals surface area contributed by atoms with Crippen molar-refractivity contribution in [1.29, 1.82) is 0 Å². The van der Waals surface area contributed by atoms with Crippen LogP contribution >= 0.6 is 31.9 Å². The van der Waals surface area contributed by atoms with Crippen LogP contribution in [0.2, 0.25) is 0 Å². The molecule has 0 N–H and O–H groups in total. The highest BCUT2D eigenvalue weighted by molar-refractivity contribution is 9.10. The standard InChI is InChI=1S/C28H22Br2/c1-19-7-3-2-6-16-28(25-9-5-4-8-20(25)11-10-19)26-14-12-21(29)17-23(26)24-18-22(30)13-15-27(24)28/h2-9,12-15,17-18H,1,10-11,16H2/b6-2-,7-3-. The van der Waals surface area contributed by atoms with Gasteiger partial charge >= 0.3 is 0 Å². The Morgan fingerprint density at radius 2 is 1.40 bits per heavy atom. The molecule has 3 aromatic rings. The summed E-state index contributed by atoms with van der Waals surface area (Å²) in [7, 11) is 0. The molecule has 0 atom stereocenters. The third kappa shape index (κ3) is 3.18. The molecule has 0 aliphatic heterocycles. The highest BCUT2D eigenvalue weighted by atomic mass is 79.9. The van der Waals surface area contributed by atoms with Crippen LogP contribution in [0, 0.1) is 0 Å². The number of aryl methyl sites for hydroxylation is 1. The van der Waals surface area contributed by atoms with E-state index < -0.39 is 0 Å². The molecule has 0 nitrogen and oxygen atoms in total. The first-order chi connectivity index (χ1) is 14.6. The summed E-state index contributed by atoms with van der Waals surface area (Å²) in [5.74, 6) is 0. The van der Waals surface area contributed by atoms with Crippen molar-refractivity contribution in [3.8, 4) is 11.1 Å². The third-order valence-corrected chi connectivity index (χ3v) is 7.36. The van der Waals surface area contributed by atoms with Crippen molar-refractivity contribution in [2.45, 2.75) is 24.7 Å². The van der Waals surface area contributed by atoms with Crippen molar-refractivity contribution in [2.24, 2.45) is 0 Å². The predicted molar refractivity (Wildman–Crippen MR) is 134 cm³/mol. The lowest BCUT2D eigenvalue weighted by Crippen LogP contribution is -2.28. The van der Waals surface area contributed by atoms with Crippen LogP contribution in [0.15, 0.2) is 106 Å². The van der Waals surface area contributed by atoms with Gasteiger partial charge in [0.2, 0.25) is 0 Å². The van der Waals surface area contributed by atoms with Crippen molar-refractivity contribution >= 4 is 31.9 Å². The van der Waals surface area contributed by atoms with Crippen LogP contribution in [0.3, 0.4) is 0 Å². The Morgan fingerprint density at radius 3 is 2.10 bits per heavy atom. The fraction of sp³-hybridized carbons (Fsp3) is 0.143. The van der Waals surface area contributed by atoms with Crippen LogP contribution in [0.4, 0.5) is 0 Å². The van der Waals surface area contributed by atoms with Gasteiger partial charge in [-0.25, -0.2) is 0 Å². The molecule has 0 unspecified atom stereocenters. The van der Waals surface area contributed by atoms with Crippen LogP contribution < -0.4 is 0 Å². The van der Waals surface area contributed by atoms with Gasteiger partial charge in [0.15, 0.2) is 0 Å². The molecule has 5 rings (SSSR count). The van der Waals surface area contributed by atoms with Gasteiger partial charge in [-0.05, 0) is 76.9 Å². The van der Waals surface area contributed by atoms with E-state index in [1.807, 2.05) is 0 Å². The maximum absolute atomic E-state index is 4.24. The largest absolute Gasteiger partial charge is 0.0958 e. The van der Waals surface area contributed by atoms with Crippen LogP contribution in [0.5, 0.6) is 0 Å². The van der Waals surface area contributed by atoms with E-state index in [0.717, 1.165) is 28.2 Å². The Labute approximate surface area is 195 Å². The monoisotopic (exact) mass is 516 g/mol. The van der Waals surface area contributed by atoms with Gasteiger partial charge < -0.3 is 0 Å². The first-order valence-electron chi connectivity index (χ1n) is 10.3. The van der Waals surface area contributed by atoms with Gasteiger partial charge in [0.25, 0.3) is 0 Å². The van der Waals surface area contributed by atoms with Gasteiger partial charge in [0.1, 0.15) is 0 Å². The van der Waals surface area contributed by atoms with Crippen molar-refractivity contribution in [3.05, 3.63) is 128 Å². The Balaban J connectivity index is 1.86. The molecule has 3 aromatic carbocycles. The zero-order valence-corrected chi connectivity index (χ0v) is 19.8. The Morgan fingerprint density at radius 1 is 0.733 bits per heavy atom. The van der Waals surface area contributed by atoms with Gasteiger partial charge in [-0.2, -0.15) is 0 Å². The summed E-state index contributed by atoms with van der Waals surface area (Å²) in [5, 5.41) is 0. The SMILES string of the molecule is C=C1/C=C\C=C/CC2(c3ccccc3CC1)c1ccc(Br)cc1-c1cc(Br)ccc12. The van der Waals surface area contributed by atoms with Gasteiger partial charge in [0, 0.05) is 8.95 Å². The molecule has 0 radical (unpaired) electrons. The fourth-order valence-corrected chi connectivity index (χ4v) is 5.76. The summed E-state index contributed by atoms with van der Waals surface area (Å²) < 4.78 is 2.23. The summed E-state index contributed by atoms with van der Waals surface area (Å²) in [5.41, 5.74) is 9.21. The van der Waals surface area contributed by atoms with Gasteiger partial charge in [-0.1, -0.05) is 105 Å². The molecule has 148 valence electrons. The Bertz CT molecular complexity index is 1160. The zero-order valence-electron chi connectivity index (χ0n) is 16.7. The second kappa shape index (κ2) is 7.83. The van der Waals surface area contributed by atoms with Gasteiger partial charge in [-0.3, -0.25) is 0 Å². The number of allylic oxidation sites excluding steroid dienone is 5. The summed E-state index contributed by atoms with van der Waals surface area (Å²) in [4.78, 5) is 0. The summed E-state index contributed by atoms with van der Waals surface area (Å²) >= 11 is 7.41. The molecular formula is C28H22Br2. The average Bonchev–Trinajstić information content (AvgIpc) is 2.99. The van der Waals surface area contributed by atoms with Crippen molar-refractivity contribution in [2.75, 3.05) is 0 Å². The van der Waals surface area contributed by atoms with E-state index in [4.69, 9.17) is 0 Å². The molecule has 1 spiro atoms. The van der Waals surface area contributed by atoms with Gasteiger partial charge in [0.05, 0.1) is 5.41 Å². The van der Waals surface area contributed by atoms with E-state index in [1.54, 1.807) is 0 Å². The highest BCUT2D eigenvalue weighted by Gasteiger charge is 2.44. The zero-order chi connectivity index (χ0) is 20.7. The molecule has 0 saturated carbocycles. The Kier molecular flexibility index (Phi) is 5.16. The second-order valence-electron chi connectivity index (χ2n) is 8.09. The lowest BCUT2D eigenvalue weighted by molar-refractivity contribution is 0.635. The van der Waals surface area contributed by atoms with E-state index >= 15 is 0 Å². The molecule has 2 aliphatic rings. The first-order valence-corrected chi connectivity index (χ1v) is 11.9. The fourth-order valence-electron chi connectivity index (χ4n) is 5.04. The average molecular weight is 518 g/mol. The minimum atomic E-state index is -0.196. The summed E-state index contributed by atoms with van der Waals surface area (Å²) in [6, 6.07) is 22.5. The number of rotatable bonds is 0. The number of fused-ring (bicyclic) bond motifs is 7. The van der Waals surface area contributed by atoms with Crippen molar-refractivity contribution in [1.82, 2.24) is 0 Å². The van der Waals surface area contributed by atoms with E-state index in [-0.39, 0.29) is 5.41 Å². The number of hydrogen-bond donors (Lipinski definition) is 0. The van der Waals surface area contributed by atoms with E-state index in [0.29, 0.717) is 0 Å². The normalized spacial score (nSPS) is 18.8. The predicted octanol–water partition coefficient (Wildman–Crippen LogP) is 8.53. The lowest BCUT2D eigenvalue weighted by Gasteiger charge is -2.34.